The van der Waals surface area contributed by atoms with Crippen molar-refractivity contribution >= 4 is 17.8 Å². The summed E-state index contributed by atoms with van der Waals surface area (Å²) in [7, 11) is 1.80. The standard InChI is InChI=1S/C17H27N5O3/c1-3-7-21-8-5-9-22(12-16(21)23)17(24)18-15-11-13(19-20(15)2)14-6-4-10-25-14/h11,14H,3-10,12H2,1-2H3,(H,18,24)/t14-/m1/s1. The van der Waals surface area contributed by atoms with Crippen molar-refractivity contribution in [1.82, 2.24) is 19.6 Å². The smallest absolute Gasteiger partial charge is 0.323 e. The Morgan fingerprint density at radius 1 is 1.40 bits per heavy atom. The fraction of sp³-hybridized carbons (Fsp3) is 0.706. The van der Waals surface area contributed by atoms with Gasteiger partial charge < -0.3 is 14.5 Å². The van der Waals surface area contributed by atoms with Crippen molar-refractivity contribution < 1.29 is 14.3 Å². The Balaban J connectivity index is 1.63. The molecule has 2 saturated heterocycles. The number of aryl methyl sites for hydroxylation is 1. The normalized spacial score (nSPS) is 21.5. The van der Waals surface area contributed by atoms with Crippen molar-refractivity contribution in [1.29, 1.82) is 0 Å². The molecule has 1 aromatic heterocycles. The van der Waals surface area contributed by atoms with E-state index < -0.39 is 0 Å². The number of carbonyl (C=O) groups excluding carboxylic acids is 2. The molecule has 2 fully saturated rings. The maximum Gasteiger partial charge on any atom is 0.323 e. The van der Waals surface area contributed by atoms with E-state index in [1.54, 1.807) is 16.6 Å². The van der Waals surface area contributed by atoms with Crippen LogP contribution in [-0.4, -0.2) is 64.3 Å². The molecule has 0 unspecified atom stereocenters. The van der Waals surface area contributed by atoms with Crippen LogP contribution in [0.1, 0.15) is 44.4 Å². The van der Waals surface area contributed by atoms with E-state index in [0.29, 0.717) is 18.9 Å². The lowest BCUT2D eigenvalue weighted by Crippen LogP contribution is -2.41. The first-order chi connectivity index (χ1) is 12.1. The van der Waals surface area contributed by atoms with Crippen LogP contribution in [-0.2, 0) is 16.6 Å². The Morgan fingerprint density at radius 2 is 2.24 bits per heavy atom. The second-order valence-corrected chi connectivity index (χ2v) is 6.67. The van der Waals surface area contributed by atoms with Crippen molar-refractivity contribution in [3.63, 3.8) is 0 Å². The fourth-order valence-electron chi connectivity index (χ4n) is 3.36. The lowest BCUT2D eigenvalue weighted by Gasteiger charge is -2.21. The number of ether oxygens (including phenoxy) is 1. The van der Waals surface area contributed by atoms with Gasteiger partial charge in [0.05, 0.1) is 5.69 Å². The number of nitrogens with one attached hydrogen (secondary N) is 1. The molecular weight excluding hydrogens is 322 g/mol. The van der Waals surface area contributed by atoms with Crippen molar-refractivity contribution in [3.05, 3.63) is 11.8 Å². The molecule has 1 N–H and O–H groups in total. The van der Waals surface area contributed by atoms with Gasteiger partial charge in [0.15, 0.2) is 0 Å². The molecule has 3 heterocycles. The first-order valence-corrected chi connectivity index (χ1v) is 9.07. The summed E-state index contributed by atoms with van der Waals surface area (Å²) in [5.41, 5.74) is 0.844. The van der Waals surface area contributed by atoms with Crippen LogP contribution in [0.25, 0.3) is 0 Å². The number of hydrogen-bond acceptors (Lipinski definition) is 4. The predicted molar refractivity (Wildman–Crippen MR) is 93.2 cm³/mol. The third kappa shape index (κ3) is 4.12. The van der Waals surface area contributed by atoms with Crippen LogP contribution < -0.4 is 5.32 Å². The van der Waals surface area contributed by atoms with E-state index in [9.17, 15) is 9.59 Å². The summed E-state index contributed by atoms with van der Waals surface area (Å²) in [6.07, 6.45) is 3.73. The van der Waals surface area contributed by atoms with Crippen LogP contribution in [0.2, 0.25) is 0 Å². The highest BCUT2D eigenvalue weighted by Gasteiger charge is 2.26. The van der Waals surface area contributed by atoms with E-state index in [1.165, 1.54) is 0 Å². The molecule has 138 valence electrons. The summed E-state index contributed by atoms with van der Waals surface area (Å²) >= 11 is 0. The minimum Gasteiger partial charge on any atom is -0.372 e. The summed E-state index contributed by atoms with van der Waals surface area (Å²) in [4.78, 5) is 28.3. The number of anilines is 1. The van der Waals surface area contributed by atoms with Crippen LogP contribution in [0.3, 0.4) is 0 Å². The molecule has 0 radical (unpaired) electrons. The van der Waals surface area contributed by atoms with E-state index in [0.717, 1.165) is 44.5 Å². The Hall–Kier alpha value is -2.09. The molecule has 1 atom stereocenters. The molecule has 2 aliphatic heterocycles. The van der Waals surface area contributed by atoms with E-state index in [1.807, 2.05) is 11.0 Å². The first-order valence-electron chi connectivity index (χ1n) is 9.07. The molecule has 0 aliphatic carbocycles. The molecule has 8 heteroatoms. The molecule has 8 nitrogen and oxygen atoms in total. The number of nitrogens with zero attached hydrogens (tertiary/aromatic N) is 4. The van der Waals surface area contributed by atoms with Crippen LogP contribution >= 0.6 is 0 Å². The summed E-state index contributed by atoms with van der Waals surface area (Å²) in [6.45, 7) is 4.98. The van der Waals surface area contributed by atoms with Crippen LogP contribution in [0.15, 0.2) is 6.07 Å². The summed E-state index contributed by atoms with van der Waals surface area (Å²) in [5.74, 6) is 0.636. The van der Waals surface area contributed by atoms with Gasteiger partial charge in [0.2, 0.25) is 5.91 Å². The number of aromatic nitrogens is 2. The average Bonchev–Trinajstić information content (AvgIpc) is 3.19. The predicted octanol–water partition coefficient (Wildman–Crippen LogP) is 1.75. The molecule has 0 spiro atoms. The van der Waals surface area contributed by atoms with Crippen molar-refractivity contribution in [2.45, 2.75) is 38.7 Å². The van der Waals surface area contributed by atoms with E-state index >= 15 is 0 Å². The summed E-state index contributed by atoms with van der Waals surface area (Å²) in [6, 6.07) is 1.60. The Labute approximate surface area is 148 Å². The fourth-order valence-corrected chi connectivity index (χ4v) is 3.36. The first kappa shape index (κ1) is 17.7. The highest BCUT2D eigenvalue weighted by Crippen LogP contribution is 2.29. The lowest BCUT2D eigenvalue weighted by molar-refractivity contribution is -0.130. The zero-order chi connectivity index (χ0) is 17.8. The molecule has 0 aromatic carbocycles. The zero-order valence-electron chi connectivity index (χ0n) is 15.0. The van der Waals surface area contributed by atoms with Gasteiger partial charge in [-0.3, -0.25) is 14.8 Å². The maximum atomic E-state index is 12.6. The third-order valence-corrected chi connectivity index (χ3v) is 4.71. The van der Waals surface area contributed by atoms with Crippen LogP contribution in [0.5, 0.6) is 0 Å². The summed E-state index contributed by atoms with van der Waals surface area (Å²) < 4.78 is 7.30. The topological polar surface area (TPSA) is 79.7 Å². The minimum atomic E-state index is -0.256. The van der Waals surface area contributed by atoms with Gasteiger partial charge in [0.25, 0.3) is 0 Å². The van der Waals surface area contributed by atoms with E-state index in [4.69, 9.17) is 4.74 Å². The van der Waals surface area contributed by atoms with Crippen LogP contribution in [0.4, 0.5) is 10.6 Å². The van der Waals surface area contributed by atoms with Gasteiger partial charge in [0, 0.05) is 39.4 Å². The highest BCUT2D eigenvalue weighted by molar-refractivity contribution is 5.92. The molecule has 3 rings (SSSR count). The average molecular weight is 349 g/mol. The van der Waals surface area contributed by atoms with E-state index in [-0.39, 0.29) is 24.6 Å². The SMILES string of the molecule is CCCN1CCCN(C(=O)Nc2cc([C@H]3CCCO3)nn2C)CC1=O. The number of hydrogen-bond donors (Lipinski definition) is 1. The van der Waals surface area contributed by atoms with Gasteiger partial charge in [-0.25, -0.2) is 4.79 Å². The zero-order valence-corrected chi connectivity index (χ0v) is 15.0. The minimum absolute atomic E-state index is 0.0132. The quantitative estimate of drug-likeness (QED) is 0.898. The molecule has 25 heavy (non-hydrogen) atoms. The van der Waals surface area contributed by atoms with Gasteiger partial charge in [-0.05, 0) is 25.7 Å². The van der Waals surface area contributed by atoms with E-state index in [2.05, 4.69) is 17.3 Å². The van der Waals surface area contributed by atoms with Crippen molar-refractivity contribution in [2.24, 2.45) is 7.05 Å². The second-order valence-electron chi connectivity index (χ2n) is 6.67. The Kier molecular flexibility index (Phi) is 5.57. The van der Waals surface area contributed by atoms with Gasteiger partial charge in [-0.1, -0.05) is 6.92 Å². The number of urea groups is 1. The maximum absolute atomic E-state index is 12.6. The molecule has 0 saturated carbocycles. The van der Waals surface area contributed by atoms with Crippen LogP contribution in [0, 0.1) is 0 Å². The van der Waals surface area contributed by atoms with Crippen molar-refractivity contribution in [3.8, 4) is 0 Å². The molecule has 1 aromatic rings. The molecule has 2 aliphatic rings. The lowest BCUT2D eigenvalue weighted by atomic mass is 10.2. The molecule has 3 amide bonds. The summed E-state index contributed by atoms with van der Waals surface area (Å²) in [5, 5.41) is 7.32. The monoisotopic (exact) mass is 349 g/mol. The third-order valence-electron chi connectivity index (χ3n) is 4.71. The van der Waals surface area contributed by atoms with Gasteiger partial charge in [0.1, 0.15) is 18.5 Å². The second kappa shape index (κ2) is 7.86. The molecule has 0 bridgehead atoms. The van der Waals surface area contributed by atoms with Gasteiger partial charge >= 0.3 is 6.03 Å². The number of amides is 3. The number of carbonyl (C=O) groups is 2. The van der Waals surface area contributed by atoms with Gasteiger partial charge in [-0.15, -0.1) is 0 Å². The Morgan fingerprint density at radius 3 is 2.96 bits per heavy atom. The van der Waals surface area contributed by atoms with Crippen molar-refractivity contribution in [2.75, 3.05) is 38.1 Å². The highest BCUT2D eigenvalue weighted by atomic mass is 16.5. The Bertz CT molecular complexity index is 624. The largest absolute Gasteiger partial charge is 0.372 e. The van der Waals surface area contributed by atoms with Gasteiger partial charge in [-0.2, -0.15) is 5.10 Å². The molecular formula is C17H27N5O3. The number of rotatable bonds is 4.